The number of aliphatic hydroxyl groups excluding tert-OH is 1. The van der Waals surface area contributed by atoms with E-state index in [0.29, 0.717) is 48.3 Å². The summed E-state index contributed by atoms with van der Waals surface area (Å²) >= 11 is 11.2. The summed E-state index contributed by atoms with van der Waals surface area (Å²) < 4.78 is 41.6. The molecule has 1 amide bonds. The average molecular weight is 526 g/mol. The first-order chi connectivity index (χ1) is 16.0. The zero-order valence-corrected chi connectivity index (χ0v) is 20.6. The number of carbonyl (C=O) groups excluding carboxylic acids is 2. The van der Waals surface area contributed by atoms with E-state index in [2.05, 4.69) is 10.3 Å². The van der Waals surface area contributed by atoms with E-state index in [1.165, 1.54) is 18.3 Å². The van der Waals surface area contributed by atoms with E-state index in [0.717, 1.165) is 6.07 Å². The van der Waals surface area contributed by atoms with Gasteiger partial charge in [-0.25, -0.2) is 4.98 Å². The van der Waals surface area contributed by atoms with Gasteiger partial charge < -0.3 is 24.9 Å². The Morgan fingerprint density at radius 3 is 2.26 bits per heavy atom. The first-order valence-corrected chi connectivity index (χ1v) is 10.7. The molecule has 3 rings (SSSR count). The molecule has 0 unspecified atom stereocenters. The molecule has 0 radical (unpaired) electrons. The number of aromatic nitrogens is 1. The fourth-order valence-corrected chi connectivity index (χ4v) is 2.96. The van der Waals surface area contributed by atoms with Gasteiger partial charge in [0.05, 0.1) is 34.5 Å². The van der Waals surface area contributed by atoms with Gasteiger partial charge in [-0.1, -0.05) is 34.8 Å². The molecule has 1 aliphatic rings. The van der Waals surface area contributed by atoms with Gasteiger partial charge >= 0.3 is 6.18 Å². The largest absolute Gasteiger partial charge is 0.417 e. The number of amides is 1. The van der Waals surface area contributed by atoms with Gasteiger partial charge in [0.1, 0.15) is 6.79 Å². The van der Waals surface area contributed by atoms with E-state index in [4.69, 9.17) is 37.8 Å². The SMILES string of the molecule is C=O.CCO.CNc1cc(Cl)cnc1C(=O)N1CCOCC1.Cc1ccc(Cl)c(C(F)(F)F)c1. The molecule has 190 valence electrons. The lowest BCUT2D eigenvalue weighted by Crippen LogP contribution is -2.41. The van der Waals surface area contributed by atoms with Gasteiger partial charge in [0.25, 0.3) is 5.91 Å². The summed E-state index contributed by atoms with van der Waals surface area (Å²) in [7, 11) is 1.74. The maximum atomic E-state index is 12.2. The van der Waals surface area contributed by atoms with Crippen LogP contribution in [-0.2, 0) is 15.7 Å². The van der Waals surface area contributed by atoms with Crippen LogP contribution in [0.4, 0.5) is 18.9 Å². The topological polar surface area (TPSA) is 91.8 Å². The highest BCUT2D eigenvalue weighted by Gasteiger charge is 2.32. The molecule has 1 aromatic heterocycles. The number of benzene rings is 1. The van der Waals surface area contributed by atoms with E-state index in [9.17, 15) is 18.0 Å². The summed E-state index contributed by atoms with van der Waals surface area (Å²) in [5.74, 6) is -0.0886. The maximum Gasteiger partial charge on any atom is 0.417 e. The molecule has 2 heterocycles. The Kier molecular flexibility index (Phi) is 15.1. The Morgan fingerprint density at radius 2 is 1.79 bits per heavy atom. The highest BCUT2D eigenvalue weighted by molar-refractivity contribution is 6.31. The lowest BCUT2D eigenvalue weighted by molar-refractivity contribution is -0.137. The number of hydrogen-bond donors (Lipinski definition) is 2. The van der Waals surface area contributed by atoms with Gasteiger partial charge in [-0.2, -0.15) is 13.2 Å². The third-order valence-corrected chi connectivity index (χ3v) is 4.59. The number of halogens is 5. The second kappa shape index (κ2) is 16.3. The van der Waals surface area contributed by atoms with E-state index in [1.807, 2.05) is 6.79 Å². The molecule has 0 saturated carbocycles. The van der Waals surface area contributed by atoms with Crippen molar-refractivity contribution >= 4 is 41.6 Å². The van der Waals surface area contributed by atoms with Gasteiger partial charge in [0, 0.05) is 32.9 Å². The minimum atomic E-state index is -4.36. The minimum absolute atomic E-state index is 0.0886. The van der Waals surface area contributed by atoms with Crippen molar-refractivity contribution in [3.8, 4) is 0 Å². The van der Waals surface area contributed by atoms with E-state index in [-0.39, 0.29) is 17.5 Å². The molecule has 0 bridgehead atoms. The van der Waals surface area contributed by atoms with Crippen molar-refractivity contribution < 1.29 is 32.6 Å². The van der Waals surface area contributed by atoms with Crippen LogP contribution in [0.3, 0.4) is 0 Å². The zero-order chi connectivity index (χ0) is 26.3. The van der Waals surface area contributed by atoms with Crippen molar-refractivity contribution in [2.45, 2.75) is 20.0 Å². The molecule has 12 heteroatoms. The second-order valence-electron chi connectivity index (χ2n) is 6.50. The molecule has 2 aromatic rings. The lowest BCUT2D eigenvalue weighted by Gasteiger charge is -2.27. The van der Waals surface area contributed by atoms with Crippen LogP contribution >= 0.6 is 23.2 Å². The fraction of sp³-hybridized carbons (Fsp3) is 0.409. The summed E-state index contributed by atoms with van der Waals surface area (Å²) in [6, 6.07) is 5.52. The number of ether oxygens (including phenoxy) is 1. The van der Waals surface area contributed by atoms with Crippen LogP contribution in [-0.4, -0.2) is 67.6 Å². The fourth-order valence-electron chi connectivity index (χ4n) is 2.57. The number of carbonyl (C=O) groups is 2. The third kappa shape index (κ3) is 10.7. The highest BCUT2D eigenvalue weighted by atomic mass is 35.5. The molecule has 0 aliphatic carbocycles. The van der Waals surface area contributed by atoms with Crippen molar-refractivity contribution in [1.82, 2.24) is 9.88 Å². The summed E-state index contributed by atoms with van der Waals surface area (Å²) in [6.45, 7) is 7.88. The van der Waals surface area contributed by atoms with Gasteiger partial charge in [-0.3, -0.25) is 4.79 Å². The number of aliphatic hydroxyl groups is 1. The zero-order valence-electron chi connectivity index (χ0n) is 19.1. The van der Waals surface area contributed by atoms with Gasteiger partial charge in [-0.15, -0.1) is 0 Å². The molecule has 0 spiro atoms. The van der Waals surface area contributed by atoms with Crippen molar-refractivity contribution in [1.29, 1.82) is 0 Å². The number of alkyl halides is 3. The average Bonchev–Trinajstić information content (AvgIpc) is 2.82. The van der Waals surface area contributed by atoms with E-state index in [1.54, 1.807) is 31.9 Å². The van der Waals surface area contributed by atoms with Crippen LogP contribution in [0.5, 0.6) is 0 Å². The van der Waals surface area contributed by atoms with Crippen molar-refractivity contribution in [2.24, 2.45) is 0 Å². The van der Waals surface area contributed by atoms with Crippen molar-refractivity contribution in [3.63, 3.8) is 0 Å². The Balaban J connectivity index is 0.000000561. The Morgan fingerprint density at radius 1 is 1.24 bits per heavy atom. The number of rotatable bonds is 2. The number of aryl methyl sites for hydroxylation is 1. The van der Waals surface area contributed by atoms with Crippen molar-refractivity contribution in [2.75, 3.05) is 45.3 Å². The van der Waals surface area contributed by atoms with Crippen LogP contribution in [0.2, 0.25) is 10.0 Å². The number of morpholine rings is 1. The molecule has 1 fully saturated rings. The van der Waals surface area contributed by atoms with Crippen LogP contribution < -0.4 is 5.32 Å². The van der Waals surface area contributed by atoms with Crippen molar-refractivity contribution in [3.05, 3.63) is 57.3 Å². The Hall–Kier alpha value is -2.40. The molecule has 1 saturated heterocycles. The van der Waals surface area contributed by atoms with Gasteiger partial charge in [0.2, 0.25) is 0 Å². The van der Waals surface area contributed by atoms with Gasteiger partial charge in [0.15, 0.2) is 5.69 Å². The quantitative estimate of drug-likeness (QED) is 0.588. The third-order valence-electron chi connectivity index (χ3n) is 4.05. The summed E-state index contributed by atoms with van der Waals surface area (Å²) in [5.41, 5.74) is 0.823. The summed E-state index contributed by atoms with van der Waals surface area (Å²) in [5, 5.41) is 10.8. The smallest absolute Gasteiger partial charge is 0.397 e. The molecule has 2 N–H and O–H groups in total. The maximum absolute atomic E-state index is 12.2. The summed E-state index contributed by atoms with van der Waals surface area (Å²) in [6.07, 6.45) is -2.88. The van der Waals surface area contributed by atoms with Crippen LogP contribution in [0.15, 0.2) is 30.5 Å². The van der Waals surface area contributed by atoms with Crippen LogP contribution in [0.25, 0.3) is 0 Å². The number of nitrogens with zero attached hydrogens (tertiary/aromatic N) is 2. The number of pyridine rings is 1. The predicted octanol–water partition coefficient (Wildman–Crippen LogP) is 4.73. The monoisotopic (exact) mass is 525 g/mol. The normalized spacial score (nSPS) is 12.7. The number of anilines is 1. The molecule has 1 aromatic carbocycles. The molecule has 7 nitrogen and oxygen atoms in total. The highest BCUT2D eigenvalue weighted by Crippen LogP contribution is 2.34. The van der Waals surface area contributed by atoms with E-state index < -0.39 is 11.7 Å². The Labute approximate surface area is 206 Å². The predicted molar refractivity (Wildman–Crippen MR) is 127 cm³/mol. The van der Waals surface area contributed by atoms with Gasteiger partial charge in [-0.05, 0) is 32.0 Å². The summed E-state index contributed by atoms with van der Waals surface area (Å²) in [4.78, 5) is 26.0. The van der Waals surface area contributed by atoms with E-state index >= 15 is 0 Å². The molecule has 0 atom stereocenters. The molecular formula is C22H28Cl2F3N3O4. The molecule has 1 aliphatic heterocycles. The molecular weight excluding hydrogens is 498 g/mol. The van der Waals surface area contributed by atoms with Crippen LogP contribution in [0, 0.1) is 6.92 Å². The second-order valence-corrected chi connectivity index (χ2v) is 7.35. The first kappa shape index (κ1) is 31.6. The standard InChI is InChI=1S/C11H14ClN3O2.C8H6ClF3.C2H6O.CH2O/c1-13-9-6-8(12)7-14-10(9)11(16)15-2-4-17-5-3-15;1-5-2-3-7(9)6(4-5)8(10,11)12;1-2-3;1-2/h6-7,13H,2-5H2,1H3;2-4H,1H3;3H,2H2,1H3;1H2. The minimum Gasteiger partial charge on any atom is -0.397 e. The molecule has 34 heavy (non-hydrogen) atoms. The first-order valence-electron chi connectivity index (χ1n) is 9.98. The Bertz CT molecular complexity index is 896. The number of hydrogen-bond acceptors (Lipinski definition) is 6. The van der Waals surface area contributed by atoms with Crippen LogP contribution in [0.1, 0.15) is 28.5 Å². The number of nitrogens with one attached hydrogen (secondary N) is 1. The lowest BCUT2D eigenvalue weighted by atomic mass is 10.1.